The summed E-state index contributed by atoms with van der Waals surface area (Å²) in [7, 11) is 0. The van der Waals surface area contributed by atoms with Crippen molar-refractivity contribution < 1.29 is 4.92 Å². The van der Waals surface area contributed by atoms with E-state index in [1.54, 1.807) is 12.1 Å². The molecule has 98 valence electrons. The molecule has 1 atom stereocenters. The third kappa shape index (κ3) is 2.39. The molecule has 0 spiro atoms. The van der Waals surface area contributed by atoms with E-state index in [-0.39, 0.29) is 16.8 Å². The molecule has 2 rings (SSSR count). The van der Waals surface area contributed by atoms with Gasteiger partial charge in [0.05, 0.1) is 4.92 Å². The largest absolute Gasteiger partial charge is 0.393 e. The zero-order valence-electron chi connectivity index (χ0n) is 10.8. The Hall–Kier alpha value is -1.78. The molecule has 1 fully saturated rings. The van der Waals surface area contributed by atoms with E-state index in [9.17, 15) is 10.1 Å². The monoisotopic (exact) mass is 249 g/mol. The lowest BCUT2D eigenvalue weighted by molar-refractivity contribution is -0.383. The molecule has 5 heteroatoms. The average molecular weight is 249 g/mol. The number of nitro benzene ring substituents is 1. The van der Waals surface area contributed by atoms with Crippen molar-refractivity contribution in [3.05, 3.63) is 28.3 Å². The first-order valence-electron chi connectivity index (χ1n) is 6.20. The molecule has 0 saturated heterocycles. The van der Waals surface area contributed by atoms with E-state index in [1.165, 1.54) is 18.9 Å². The van der Waals surface area contributed by atoms with Crippen LogP contribution in [0.3, 0.4) is 0 Å². The van der Waals surface area contributed by atoms with Gasteiger partial charge in [-0.2, -0.15) is 0 Å². The summed E-state index contributed by atoms with van der Waals surface area (Å²) in [5, 5.41) is 14.1. The minimum Gasteiger partial charge on any atom is -0.393 e. The Kier molecular flexibility index (Phi) is 3.15. The third-order valence-corrected chi connectivity index (χ3v) is 3.82. The van der Waals surface area contributed by atoms with Crippen LogP contribution in [0.5, 0.6) is 0 Å². The maximum absolute atomic E-state index is 10.7. The van der Waals surface area contributed by atoms with E-state index in [2.05, 4.69) is 19.2 Å². The van der Waals surface area contributed by atoms with E-state index in [0.29, 0.717) is 6.04 Å². The second-order valence-electron chi connectivity index (χ2n) is 5.61. The Morgan fingerprint density at radius 1 is 1.50 bits per heavy atom. The van der Waals surface area contributed by atoms with Gasteiger partial charge in [-0.05, 0) is 30.4 Å². The summed E-state index contributed by atoms with van der Waals surface area (Å²) < 4.78 is 0. The second-order valence-corrected chi connectivity index (χ2v) is 5.61. The molecule has 1 aromatic carbocycles. The minimum absolute atomic E-state index is 0.0359. The summed E-state index contributed by atoms with van der Waals surface area (Å²) in [5.41, 5.74) is 6.98. The average Bonchev–Trinajstić information content (AvgIpc) is 2.58. The summed E-state index contributed by atoms with van der Waals surface area (Å²) in [6.07, 6.45) is 3.55. The number of hydrogen-bond donors (Lipinski definition) is 2. The Morgan fingerprint density at radius 2 is 2.22 bits per heavy atom. The van der Waals surface area contributed by atoms with Crippen LogP contribution in [0.2, 0.25) is 0 Å². The summed E-state index contributed by atoms with van der Waals surface area (Å²) in [6.45, 7) is 4.48. The van der Waals surface area contributed by atoms with Crippen molar-refractivity contribution in [2.24, 2.45) is 5.41 Å². The molecule has 0 aromatic heterocycles. The van der Waals surface area contributed by atoms with Crippen molar-refractivity contribution in [1.82, 2.24) is 0 Å². The van der Waals surface area contributed by atoms with Crippen molar-refractivity contribution in [3.63, 3.8) is 0 Å². The molecule has 1 aromatic rings. The molecule has 0 aliphatic heterocycles. The highest BCUT2D eigenvalue weighted by molar-refractivity contribution is 5.66. The molecule has 1 aliphatic rings. The Labute approximate surface area is 107 Å². The molecular weight excluding hydrogens is 230 g/mol. The fraction of sp³-hybridized carbons (Fsp3) is 0.538. The zero-order valence-corrected chi connectivity index (χ0v) is 10.8. The van der Waals surface area contributed by atoms with Gasteiger partial charge in [-0.25, -0.2) is 0 Å². The lowest BCUT2D eigenvalue weighted by Gasteiger charge is -2.28. The molecule has 1 saturated carbocycles. The van der Waals surface area contributed by atoms with Gasteiger partial charge in [0.25, 0.3) is 5.69 Å². The Balaban J connectivity index is 2.16. The number of nitro groups is 1. The Bertz CT molecular complexity index is 471. The number of anilines is 2. The fourth-order valence-corrected chi connectivity index (χ4v) is 2.61. The first-order chi connectivity index (χ1) is 8.40. The van der Waals surface area contributed by atoms with Gasteiger partial charge >= 0.3 is 0 Å². The molecule has 0 amide bonds. The highest BCUT2D eigenvalue weighted by atomic mass is 16.6. The van der Waals surface area contributed by atoms with Crippen molar-refractivity contribution in [2.45, 2.75) is 39.2 Å². The SMILES string of the molecule is CC1(C)CCCC1Nc1ccc([N+](=O)[O-])c(N)c1. The number of nitrogens with one attached hydrogen (secondary N) is 1. The second kappa shape index (κ2) is 4.48. The van der Waals surface area contributed by atoms with Gasteiger partial charge < -0.3 is 11.1 Å². The van der Waals surface area contributed by atoms with Crippen LogP contribution in [0.1, 0.15) is 33.1 Å². The van der Waals surface area contributed by atoms with Gasteiger partial charge in [-0.15, -0.1) is 0 Å². The maximum Gasteiger partial charge on any atom is 0.292 e. The van der Waals surface area contributed by atoms with Crippen molar-refractivity contribution >= 4 is 17.1 Å². The van der Waals surface area contributed by atoms with Crippen LogP contribution < -0.4 is 11.1 Å². The smallest absolute Gasteiger partial charge is 0.292 e. The number of nitrogen functional groups attached to an aromatic ring is 1. The van der Waals surface area contributed by atoms with Crippen molar-refractivity contribution in [3.8, 4) is 0 Å². The molecule has 0 bridgehead atoms. The summed E-state index contributed by atoms with van der Waals surface area (Å²) in [6, 6.07) is 5.23. The first kappa shape index (κ1) is 12.7. The first-order valence-corrected chi connectivity index (χ1v) is 6.20. The van der Waals surface area contributed by atoms with Gasteiger partial charge in [0.1, 0.15) is 5.69 Å². The standard InChI is InChI=1S/C13H19N3O2/c1-13(2)7-3-4-12(13)15-9-5-6-11(16(17)18)10(14)8-9/h5-6,8,12,15H,3-4,7,14H2,1-2H3. The van der Waals surface area contributed by atoms with E-state index >= 15 is 0 Å². The molecule has 5 nitrogen and oxygen atoms in total. The van der Waals surface area contributed by atoms with E-state index < -0.39 is 4.92 Å². The van der Waals surface area contributed by atoms with Crippen molar-refractivity contribution in [1.29, 1.82) is 0 Å². The molecule has 18 heavy (non-hydrogen) atoms. The summed E-state index contributed by atoms with van der Waals surface area (Å²) in [5.74, 6) is 0. The van der Waals surface area contributed by atoms with Gasteiger partial charge in [0.2, 0.25) is 0 Å². The van der Waals surface area contributed by atoms with E-state index in [0.717, 1.165) is 12.1 Å². The number of nitrogens with zero attached hydrogens (tertiary/aromatic N) is 1. The van der Waals surface area contributed by atoms with Crippen LogP contribution in [0, 0.1) is 15.5 Å². The van der Waals surface area contributed by atoms with Gasteiger partial charge in [0.15, 0.2) is 0 Å². The van der Waals surface area contributed by atoms with Gasteiger partial charge in [-0.1, -0.05) is 20.3 Å². The number of benzene rings is 1. The zero-order chi connectivity index (χ0) is 13.3. The maximum atomic E-state index is 10.7. The highest BCUT2D eigenvalue weighted by Crippen LogP contribution is 2.39. The predicted molar refractivity (Wildman–Crippen MR) is 72.6 cm³/mol. The van der Waals surface area contributed by atoms with Crippen LogP contribution in [0.4, 0.5) is 17.1 Å². The summed E-state index contributed by atoms with van der Waals surface area (Å²) >= 11 is 0. The normalized spacial score (nSPS) is 21.8. The number of rotatable bonds is 3. The van der Waals surface area contributed by atoms with Crippen molar-refractivity contribution in [2.75, 3.05) is 11.1 Å². The summed E-state index contributed by atoms with van der Waals surface area (Å²) in [4.78, 5) is 10.2. The van der Waals surface area contributed by atoms with E-state index in [1.807, 2.05) is 0 Å². The third-order valence-electron chi connectivity index (χ3n) is 3.82. The molecule has 1 unspecified atom stereocenters. The molecular formula is C13H19N3O2. The van der Waals surface area contributed by atoms with Gasteiger partial charge in [0, 0.05) is 17.8 Å². The number of hydrogen-bond acceptors (Lipinski definition) is 4. The highest BCUT2D eigenvalue weighted by Gasteiger charge is 2.34. The topological polar surface area (TPSA) is 81.2 Å². The Morgan fingerprint density at radius 3 is 2.72 bits per heavy atom. The molecule has 0 radical (unpaired) electrons. The minimum atomic E-state index is -0.460. The van der Waals surface area contributed by atoms with Crippen LogP contribution in [0.15, 0.2) is 18.2 Å². The molecule has 1 aliphatic carbocycles. The van der Waals surface area contributed by atoms with Crippen LogP contribution >= 0.6 is 0 Å². The van der Waals surface area contributed by atoms with Crippen LogP contribution in [-0.4, -0.2) is 11.0 Å². The lowest BCUT2D eigenvalue weighted by Crippen LogP contribution is -2.30. The predicted octanol–water partition coefficient (Wildman–Crippen LogP) is 3.17. The number of nitrogens with two attached hydrogens (primary N) is 1. The molecule has 3 N–H and O–H groups in total. The van der Waals surface area contributed by atoms with E-state index in [4.69, 9.17) is 5.73 Å². The van der Waals surface area contributed by atoms with Crippen LogP contribution in [-0.2, 0) is 0 Å². The lowest BCUT2D eigenvalue weighted by atomic mass is 9.87. The van der Waals surface area contributed by atoms with Crippen LogP contribution in [0.25, 0.3) is 0 Å². The molecule has 0 heterocycles. The quantitative estimate of drug-likeness (QED) is 0.489. The fourth-order valence-electron chi connectivity index (χ4n) is 2.61. The van der Waals surface area contributed by atoms with Gasteiger partial charge in [-0.3, -0.25) is 10.1 Å².